The minimum atomic E-state index is 0.699. The molecular formula is C10H27N. The SMILES string of the molecule is CC.CC.CCNC(C)CC. The zero-order valence-corrected chi connectivity index (χ0v) is 9.49. The monoisotopic (exact) mass is 161 g/mol. The highest BCUT2D eigenvalue weighted by atomic mass is 14.9. The standard InChI is InChI=1S/C6H15N.2C2H6/c1-4-6(3)7-5-2;2*1-2/h6-7H,4-5H2,1-3H3;2*1-2H3. The van der Waals surface area contributed by atoms with Crippen LogP contribution >= 0.6 is 0 Å². The summed E-state index contributed by atoms with van der Waals surface area (Å²) in [6.45, 7) is 15.6. The van der Waals surface area contributed by atoms with Gasteiger partial charge in [-0.2, -0.15) is 0 Å². The fourth-order valence-corrected chi connectivity index (χ4v) is 0.493. The van der Waals surface area contributed by atoms with Gasteiger partial charge in [0, 0.05) is 6.04 Å². The Hall–Kier alpha value is -0.0400. The molecule has 1 N–H and O–H groups in total. The molecule has 11 heavy (non-hydrogen) atoms. The molecular weight excluding hydrogens is 134 g/mol. The summed E-state index contributed by atoms with van der Waals surface area (Å²) in [5.74, 6) is 0. The van der Waals surface area contributed by atoms with Crippen LogP contribution in [0.3, 0.4) is 0 Å². The molecule has 0 spiro atoms. The van der Waals surface area contributed by atoms with Crippen molar-refractivity contribution in [1.29, 1.82) is 0 Å². The third-order valence-electron chi connectivity index (χ3n) is 1.16. The van der Waals surface area contributed by atoms with Crippen molar-refractivity contribution in [3.63, 3.8) is 0 Å². The maximum absolute atomic E-state index is 3.30. The van der Waals surface area contributed by atoms with Gasteiger partial charge in [-0.3, -0.25) is 0 Å². The first-order chi connectivity index (χ1) is 5.31. The van der Waals surface area contributed by atoms with Crippen LogP contribution in [0.25, 0.3) is 0 Å². The van der Waals surface area contributed by atoms with Gasteiger partial charge in [-0.1, -0.05) is 41.5 Å². The van der Waals surface area contributed by atoms with Crippen LogP contribution in [0, 0.1) is 0 Å². The summed E-state index contributed by atoms with van der Waals surface area (Å²) in [6, 6.07) is 0.699. The first-order valence-electron chi connectivity index (χ1n) is 5.04. The predicted octanol–water partition coefficient (Wildman–Crippen LogP) is 3.45. The summed E-state index contributed by atoms with van der Waals surface area (Å²) in [5.41, 5.74) is 0. The van der Waals surface area contributed by atoms with Gasteiger partial charge in [-0.25, -0.2) is 0 Å². The minimum Gasteiger partial charge on any atom is -0.315 e. The number of nitrogens with one attached hydrogen (secondary N) is 1. The lowest BCUT2D eigenvalue weighted by molar-refractivity contribution is 0.553. The van der Waals surface area contributed by atoms with Crippen LogP contribution in [0.1, 0.15) is 54.9 Å². The lowest BCUT2D eigenvalue weighted by Crippen LogP contribution is -2.24. The van der Waals surface area contributed by atoms with E-state index in [1.807, 2.05) is 27.7 Å². The Balaban J connectivity index is -0.000000138. The van der Waals surface area contributed by atoms with E-state index < -0.39 is 0 Å². The van der Waals surface area contributed by atoms with Crippen LogP contribution in [0.4, 0.5) is 0 Å². The van der Waals surface area contributed by atoms with Crippen molar-refractivity contribution in [1.82, 2.24) is 5.32 Å². The Labute approximate surface area is 73.6 Å². The van der Waals surface area contributed by atoms with Crippen molar-refractivity contribution < 1.29 is 0 Å². The maximum Gasteiger partial charge on any atom is 0.00359 e. The molecule has 0 aliphatic rings. The largest absolute Gasteiger partial charge is 0.315 e. The van der Waals surface area contributed by atoms with E-state index >= 15 is 0 Å². The number of hydrogen-bond acceptors (Lipinski definition) is 1. The summed E-state index contributed by atoms with van der Waals surface area (Å²) in [7, 11) is 0. The highest BCUT2D eigenvalue weighted by Crippen LogP contribution is 1.84. The molecule has 0 heterocycles. The van der Waals surface area contributed by atoms with Crippen LogP contribution in [-0.4, -0.2) is 12.6 Å². The summed E-state index contributed by atoms with van der Waals surface area (Å²) in [4.78, 5) is 0. The Kier molecular flexibility index (Phi) is 35.1. The molecule has 1 atom stereocenters. The highest BCUT2D eigenvalue weighted by Gasteiger charge is 1.90. The van der Waals surface area contributed by atoms with E-state index in [4.69, 9.17) is 0 Å². The zero-order valence-electron chi connectivity index (χ0n) is 9.49. The lowest BCUT2D eigenvalue weighted by Gasteiger charge is -2.06. The van der Waals surface area contributed by atoms with Crippen molar-refractivity contribution >= 4 is 0 Å². The molecule has 0 rings (SSSR count). The predicted molar refractivity (Wildman–Crippen MR) is 56.1 cm³/mol. The molecule has 1 unspecified atom stereocenters. The van der Waals surface area contributed by atoms with Gasteiger partial charge in [0.25, 0.3) is 0 Å². The quantitative estimate of drug-likeness (QED) is 0.668. The normalized spacial score (nSPS) is 10.1. The van der Waals surface area contributed by atoms with E-state index in [0.29, 0.717) is 6.04 Å². The van der Waals surface area contributed by atoms with Gasteiger partial charge in [0.2, 0.25) is 0 Å². The topological polar surface area (TPSA) is 12.0 Å². The van der Waals surface area contributed by atoms with Crippen molar-refractivity contribution in [3.8, 4) is 0 Å². The van der Waals surface area contributed by atoms with Gasteiger partial charge < -0.3 is 5.32 Å². The van der Waals surface area contributed by atoms with Crippen molar-refractivity contribution in [3.05, 3.63) is 0 Å². The highest BCUT2D eigenvalue weighted by molar-refractivity contribution is 4.53. The summed E-state index contributed by atoms with van der Waals surface area (Å²) in [5, 5.41) is 3.30. The van der Waals surface area contributed by atoms with Crippen LogP contribution < -0.4 is 5.32 Å². The summed E-state index contributed by atoms with van der Waals surface area (Å²) < 4.78 is 0. The van der Waals surface area contributed by atoms with E-state index in [1.165, 1.54) is 6.42 Å². The molecule has 0 saturated heterocycles. The molecule has 0 aromatic carbocycles. The molecule has 0 fully saturated rings. The molecule has 0 amide bonds. The summed E-state index contributed by atoms with van der Waals surface area (Å²) >= 11 is 0. The molecule has 0 aliphatic carbocycles. The maximum atomic E-state index is 3.30. The van der Waals surface area contributed by atoms with Gasteiger partial charge in [-0.05, 0) is 19.9 Å². The molecule has 0 saturated carbocycles. The Bertz CT molecular complexity index is 35.9. The number of rotatable bonds is 3. The summed E-state index contributed by atoms with van der Waals surface area (Å²) in [6.07, 6.45) is 1.23. The lowest BCUT2D eigenvalue weighted by atomic mass is 10.3. The van der Waals surface area contributed by atoms with Crippen molar-refractivity contribution in [2.24, 2.45) is 0 Å². The molecule has 0 radical (unpaired) electrons. The van der Waals surface area contributed by atoms with Crippen LogP contribution in [0.15, 0.2) is 0 Å². The van der Waals surface area contributed by atoms with E-state index in [9.17, 15) is 0 Å². The van der Waals surface area contributed by atoms with Crippen LogP contribution in [0.5, 0.6) is 0 Å². The molecule has 0 aromatic heterocycles. The van der Waals surface area contributed by atoms with Crippen molar-refractivity contribution in [2.45, 2.75) is 60.9 Å². The van der Waals surface area contributed by atoms with E-state index in [2.05, 4.69) is 26.1 Å². The average molecular weight is 161 g/mol. The molecule has 1 nitrogen and oxygen atoms in total. The van der Waals surface area contributed by atoms with E-state index in [0.717, 1.165) is 6.54 Å². The molecule has 0 bridgehead atoms. The van der Waals surface area contributed by atoms with Gasteiger partial charge in [0.1, 0.15) is 0 Å². The third kappa shape index (κ3) is 25.7. The van der Waals surface area contributed by atoms with Gasteiger partial charge >= 0.3 is 0 Å². The van der Waals surface area contributed by atoms with Crippen LogP contribution in [0.2, 0.25) is 0 Å². The molecule has 0 aliphatic heterocycles. The molecule has 72 valence electrons. The zero-order chi connectivity index (χ0) is 9.70. The first kappa shape index (κ1) is 17.2. The van der Waals surface area contributed by atoms with Crippen molar-refractivity contribution in [2.75, 3.05) is 6.54 Å². The van der Waals surface area contributed by atoms with Gasteiger partial charge in [0.15, 0.2) is 0 Å². The van der Waals surface area contributed by atoms with Gasteiger partial charge in [0.05, 0.1) is 0 Å². The molecule has 1 heteroatoms. The Morgan fingerprint density at radius 2 is 1.36 bits per heavy atom. The van der Waals surface area contributed by atoms with E-state index in [-0.39, 0.29) is 0 Å². The third-order valence-corrected chi connectivity index (χ3v) is 1.16. The smallest absolute Gasteiger partial charge is 0.00359 e. The first-order valence-corrected chi connectivity index (χ1v) is 5.04. The second-order valence-electron chi connectivity index (χ2n) is 1.87. The second-order valence-corrected chi connectivity index (χ2v) is 1.87. The number of hydrogen-bond donors (Lipinski definition) is 1. The molecule has 0 aromatic rings. The Morgan fingerprint density at radius 3 is 1.45 bits per heavy atom. The van der Waals surface area contributed by atoms with Crippen LogP contribution in [-0.2, 0) is 0 Å². The fourth-order valence-electron chi connectivity index (χ4n) is 0.493. The fraction of sp³-hybridized carbons (Fsp3) is 1.00. The second kappa shape index (κ2) is 22.5. The van der Waals surface area contributed by atoms with E-state index in [1.54, 1.807) is 0 Å². The average Bonchev–Trinajstić information content (AvgIpc) is 2.12. The minimum absolute atomic E-state index is 0.699. The Morgan fingerprint density at radius 1 is 1.00 bits per heavy atom. The van der Waals surface area contributed by atoms with Gasteiger partial charge in [-0.15, -0.1) is 0 Å².